The average Bonchev–Trinajstić information content (AvgIpc) is 3.89. The van der Waals surface area contributed by atoms with Crippen LogP contribution in [-0.2, 0) is 11.8 Å². The number of piperazine rings is 1. The number of nitrogens with zero attached hydrogens (tertiary/aromatic N) is 7. The summed E-state index contributed by atoms with van der Waals surface area (Å²) in [6.07, 6.45) is 12.9. The number of anilines is 1. The minimum absolute atomic E-state index is 0.0211. The number of ether oxygens (including phenoxy) is 2. The predicted molar refractivity (Wildman–Crippen MR) is 200 cm³/mol. The lowest BCUT2D eigenvalue weighted by atomic mass is 9.91. The molecule has 0 amide bonds. The second kappa shape index (κ2) is 12.7. The normalized spacial score (nSPS) is 27.4. The average molecular weight is 738 g/mol. The summed E-state index contributed by atoms with van der Waals surface area (Å²) in [4.78, 5) is 17.0. The standard InChI is InChI=1S/C41H42F3N7O3/c1-3-29-32(43)10-7-23-14-28(52)15-30(33(23)29)34-36(44)38-35(31-20-48(2)47-37(31)34)39(46-40(45-38)54-22-41-11-5-12-50(41)17-24(42)16-41)51-25-8-9-26(51)19-49(18-25)27-6-4-13-53-21-27/h1,7,10,14-15,20,24-27,52H,4-6,8-9,11-13,16-19,21-22H2,2H3/t24-,25?,26?,27?,41+/m1/s1. The monoisotopic (exact) mass is 737 g/mol. The highest BCUT2D eigenvalue weighted by atomic mass is 19.1. The Balaban J connectivity index is 1.18. The van der Waals surface area contributed by atoms with Gasteiger partial charge in [-0.25, -0.2) is 13.2 Å². The fraction of sp³-hybridized carbons (Fsp3) is 0.488. The van der Waals surface area contributed by atoms with Gasteiger partial charge in [0.2, 0.25) is 0 Å². The van der Waals surface area contributed by atoms with Crippen LogP contribution >= 0.6 is 0 Å². The minimum Gasteiger partial charge on any atom is -0.508 e. The number of fused-ring (bicyclic) bond motifs is 7. The number of phenolic OH excluding ortho intramolecular Hbond substituents is 1. The summed E-state index contributed by atoms with van der Waals surface area (Å²) in [5, 5.41) is 17.5. The SMILES string of the molecule is C#Cc1c(F)ccc2cc(O)cc(-c3c(F)c4nc(OC[C@@]56CCCN5C[C@H](F)C6)nc(N5C6CCC5CN(C5CCCOC5)C6)c4c4cn(C)nc34)c12. The number of halogens is 3. The molecule has 3 aromatic carbocycles. The lowest BCUT2D eigenvalue weighted by Gasteiger charge is -2.45. The van der Waals surface area contributed by atoms with Crippen LogP contribution < -0.4 is 9.64 Å². The van der Waals surface area contributed by atoms with Gasteiger partial charge in [-0.3, -0.25) is 14.5 Å². The van der Waals surface area contributed by atoms with Crippen molar-refractivity contribution in [2.24, 2.45) is 7.05 Å². The van der Waals surface area contributed by atoms with E-state index in [-0.39, 0.29) is 58.0 Å². The Morgan fingerprint density at radius 2 is 1.87 bits per heavy atom. The number of hydrogen-bond acceptors (Lipinski definition) is 9. The lowest BCUT2D eigenvalue weighted by molar-refractivity contribution is 0.00990. The Morgan fingerprint density at radius 3 is 2.65 bits per heavy atom. The molecule has 13 heteroatoms. The number of alkyl halides is 1. The van der Waals surface area contributed by atoms with Crippen LogP contribution in [-0.4, -0.2) is 110 Å². The fourth-order valence-corrected chi connectivity index (χ4v) is 10.4. The van der Waals surface area contributed by atoms with E-state index in [0.29, 0.717) is 46.5 Å². The highest BCUT2D eigenvalue weighted by Gasteiger charge is 2.50. The van der Waals surface area contributed by atoms with Crippen LogP contribution in [0.4, 0.5) is 19.0 Å². The molecule has 0 saturated carbocycles. The number of terminal acetylenes is 1. The second-order valence-electron chi connectivity index (χ2n) is 15.9. The van der Waals surface area contributed by atoms with Crippen LogP contribution in [0, 0.1) is 24.0 Å². The van der Waals surface area contributed by atoms with Crippen molar-refractivity contribution in [3.63, 3.8) is 0 Å². The maximum Gasteiger partial charge on any atom is 0.319 e. The third-order valence-corrected chi connectivity index (χ3v) is 12.7. The molecule has 0 spiro atoms. The summed E-state index contributed by atoms with van der Waals surface area (Å²) in [6.45, 7) is 4.56. The highest BCUT2D eigenvalue weighted by molar-refractivity contribution is 6.18. The Kier molecular flexibility index (Phi) is 7.98. The molecule has 0 radical (unpaired) electrons. The van der Waals surface area contributed by atoms with Crippen LogP contribution in [0.5, 0.6) is 11.8 Å². The van der Waals surface area contributed by atoms with Crippen molar-refractivity contribution >= 4 is 38.4 Å². The molecule has 10 rings (SSSR count). The van der Waals surface area contributed by atoms with Crippen LogP contribution in [0.2, 0.25) is 0 Å². The number of aromatic nitrogens is 4. The zero-order valence-electron chi connectivity index (χ0n) is 30.2. The van der Waals surface area contributed by atoms with Gasteiger partial charge in [-0.1, -0.05) is 12.0 Å². The van der Waals surface area contributed by atoms with Gasteiger partial charge in [0.1, 0.15) is 41.2 Å². The molecule has 5 aliphatic heterocycles. The van der Waals surface area contributed by atoms with Crippen molar-refractivity contribution in [3.05, 3.63) is 47.7 Å². The van der Waals surface area contributed by atoms with Crippen molar-refractivity contribution in [1.29, 1.82) is 0 Å². The first-order valence-corrected chi connectivity index (χ1v) is 19.1. The van der Waals surface area contributed by atoms with Crippen molar-refractivity contribution < 1.29 is 27.8 Å². The molecule has 3 unspecified atom stereocenters. The molecule has 5 aromatic rings. The molecule has 0 aliphatic carbocycles. The Hall–Kier alpha value is -4.64. The van der Waals surface area contributed by atoms with E-state index in [4.69, 9.17) is 31.0 Å². The summed E-state index contributed by atoms with van der Waals surface area (Å²) in [5.41, 5.74) is 0.0760. The molecule has 7 heterocycles. The van der Waals surface area contributed by atoms with E-state index in [2.05, 4.69) is 20.6 Å². The number of phenols is 1. The molecule has 280 valence electrons. The van der Waals surface area contributed by atoms with E-state index in [1.807, 2.05) is 6.20 Å². The third kappa shape index (κ3) is 5.24. The summed E-state index contributed by atoms with van der Waals surface area (Å²) >= 11 is 0. The predicted octanol–water partition coefficient (Wildman–Crippen LogP) is 6.09. The quantitative estimate of drug-likeness (QED) is 0.208. The number of benzene rings is 3. The van der Waals surface area contributed by atoms with E-state index < -0.39 is 23.3 Å². The molecule has 1 N–H and O–H groups in total. The van der Waals surface area contributed by atoms with Gasteiger partial charge in [-0.05, 0) is 74.2 Å². The van der Waals surface area contributed by atoms with Crippen LogP contribution in [0.1, 0.15) is 50.5 Å². The van der Waals surface area contributed by atoms with E-state index in [1.54, 1.807) is 11.7 Å². The van der Waals surface area contributed by atoms with Crippen LogP contribution in [0.3, 0.4) is 0 Å². The number of rotatable bonds is 6. The van der Waals surface area contributed by atoms with E-state index in [9.17, 15) is 9.50 Å². The number of aromatic hydroxyl groups is 1. The molecule has 10 nitrogen and oxygen atoms in total. The van der Waals surface area contributed by atoms with Gasteiger partial charge < -0.3 is 19.5 Å². The molecule has 5 aliphatic rings. The van der Waals surface area contributed by atoms with Gasteiger partial charge in [0.25, 0.3) is 0 Å². The Labute approximate surface area is 310 Å². The van der Waals surface area contributed by atoms with Gasteiger partial charge in [0.15, 0.2) is 5.82 Å². The smallest absolute Gasteiger partial charge is 0.319 e. The zero-order valence-corrected chi connectivity index (χ0v) is 30.2. The van der Waals surface area contributed by atoms with Crippen molar-refractivity contribution in [1.82, 2.24) is 29.5 Å². The molecular weight excluding hydrogens is 695 g/mol. The second-order valence-corrected chi connectivity index (χ2v) is 15.9. The Bertz CT molecular complexity index is 2360. The molecule has 2 bridgehead atoms. The highest BCUT2D eigenvalue weighted by Crippen LogP contribution is 2.47. The van der Waals surface area contributed by atoms with Gasteiger partial charge in [0, 0.05) is 80.4 Å². The first kappa shape index (κ1) is 33.9. The third-order valence-electron chi connectivity index (χ3n) is 12.7. The number of aryl methyl sites for hydroxylation is 1. The zero-order chi connectivity index (χ0) is 36.9. The van der Waals surface area contributed by atoms with Gasteiger partial charge >= 0.3 is 6.01 Å². The number of hydrogen-bond donors (Lipinski definition) is 1. The van der Waals surface area contributed by atoms with Crippen LogP contribution in [0.15, 0.2) is 30.5 Å². The summed E-state index contributed by atoms with van der Waals surface area (Å²) < 4.78 is 61.8. The van der Waals surface area contributed by atoms with E-state index in [1.165, 1.54) is 24.3 Å². The first-order valence-electron chi connectivity index (χ1n) is 19.1. The first-order chi connectivity index (χ1) is 26.2. The van der Waals surface area contributed by atoms with E-state index in [0.717, 1.165) is 71.4 Å². The van der Waals surface area contributed by atoms with Gasteiger partial charge in [-0.2, -0.15) is 15.1 Å². The largest absolute Gasteiger partial charge is 0.508 e. The lowest BCUT2D eigenvalue weighted by Crippen LogP contribution is -2.58. The molecule has 5 fully saturated rings. The molecule has 5 atom stereocenters. The van der Waals surface area contributed by atoms with E-state index >= 15 is 8.78 Å². The molecule has 54 heavy (non-hydrogen) atoms. The maximum absolute atomic E-state index is 17.8. The van der Waals surface area contributed by atoms with Crippen LogP contribution in [0.25, 0.3) is 43.7 Å². The minimum atomic E-state index is -0.933. The fourth-order valence-electron chi connectivity index (χ4n) is 10.4. The summed E-state index contributed by atoms with van der Waals surface area (Å²) in [7, 11) is 1.76. The molecular formula is C41H42F3N7O3. The maximum atomic E-state index is 17.8. The van der Waals surface area contributed by atoms with Crippen molar-refractivity contribution in [2.45, 2.75) is 74.8 Å². The Morgan fingerprint density at radius 1 is 1.04 bits per heavy atom. The van der Waals surface area contributed by atoms with Crippen molar-refractivity contribution in [3.8, 4) is 35.2 Å². The molecule has 2 aromatic heterocycles. The van der Waals surface area contributed by atoms with Gasteiger partial charge in [0.05, 0.1) is 23.1 Å². The molecule has 5 saturated heterocycles. The summed E-state index contributed by atoms with van der Waals surface area (Å²) in [5.74, 6) is 1.55. The van der Waals surface area contributed by atoms with Gasteiger partial charge in [-0.15, -0.1) is 6.42 Å². The summed E-state index contributed by atoms with van der Waals surface area (Å²) in [6, 6.07) is 6.26. The topological polar surface area (TPSA) is 92.0 Å². The number of likely N-dealkylation sites (tertiary alicyclic amines) is 1. The van der Waals surface area contributed by atoms with Crippen molar-refractivity contribution in [2.75, 3.05) is 50.9 Å².